The number of aryl methyl sites for hydroxylation is 1. The van der Waals surface area contributed by atoms with Crippen LogP contribution in [0.4, 0.5) is 0 Å². The normalized spacial score (nSPS) is 17.1. The standard InChI is InChI=1S/C19H26ClN3O/c1-22-14-10-21-19(22)18(16-6-8-17(20)9-7-16)24-15-5-13-23-11-3-2-4-12-23/h6-10,14,18H,2-5,11-13,15H2,1H3. The lowest BCUT2D eigenvalue weighted by Gasteiger charge is -2.26. The molecule has 5 heteroatoms. The first-order chi connectivity index (χ1) is 11.7. The highest BCUT2D eigenvalue weighted by molar-refractivity contribution is 6.30. The van der Waals surface area contributed by atoms with Crippen molar-refractivity contribution in [3.63, 3.8) is 0 Å². The second-order valence-electron chi connectivity index (χ2n) is 6.45. The van der Waals surface area contributed by atoms with Gasteiger partial charge in [0.25, 0.3) is 0 Å². The van der Waals surface area contributed by atoms with E-state index in [1.807, 2.05) is 48.3 Å². The van der Waals surface area contributed by atoms with Crippen LogP contribution in [0.5, 0.6) is 0 Å². The molecule has 1 fully saturated rings. The summed E-state index contributed by atoms with van der Waals surface area (Å²) in [5, 5.41) is 0.738. The summed E-state index contributed by atoms with van der Waals surface area (Å²) in [6.45, 7) is 4.32. The largest absolute Gasteiger partial charge is 0.365 e. The van der Waals surface area contributed by atoms with E-state index in [0.29, 0.717) is 0 Å². The molecule has 1 aromatic carbocycles. The molecule has 2 heterocycles. The number of hydrogen-bond donors (Lipinski definition) is 0. The van der Waals surface area contributed by atoms with Crippen LogP contribution in [-0.4, -0.2) is 40.7 Å². The van der Waals surface area contributed by atoms with Crippen molar-refractivity contribution in [2.24, 2.45) is 7.05 Å². The van der Waals surface area contributed by atoms with E-state index in [4.69, 9.17) is 16.3 Å². The summed E-state index contributed by atoms with van der Waals surface area (Å²) < 4.78 is 8.25. The first-order valence-corrected chi connectivity index (χ1v) is 9.18. The number of nitrogens with zero attached hydrogens (tertiary/aromatic N) is 3. The predicted molar refractivity (Wildman–Crippen MR) is 97.4 cm³/mol. The number of imidazole rings is 1. The van der Waals surface area contributed by atoms with Gasteiger partial charge < -0.3 is 14.2 Å². The van der Waals surface area contributed by atoms with Gasteiger partial charge in [-0.3, -0.25) is 0 Å². The Labute approximate surface area is 149 Å². The van der Waals surface area contributed by atoms with Gasteiger partial charge in [-0.1, -0.05) is 30.2 Å². The number of piperidine rings is 1. The van der Waals surface area contributed by atoms with E-state index >= 15 is 0 Å². The number of likely N-dealkylation sites (tertiary alicyclic amines) is 1. The molecule has 4 nitrogen and oxygen atoms in total. The van der Waals surface area contributed by atoms with Crippen molar-refractivity contribution in [2.75, 3.05) is 26.2 Å². The van der Waals surface area contributed by atoms with Crippen molar-refractivity contribution in [1.82, 2.24) is 14.5 Å². The quantitative estimate of drug-likeness (QED) is 0.708. The van der Waals surface area contributed by atoms with Gasteiger partial charge in [0.1, 0.15) is 11.9 Å². The van der Waals surface area contributed by atoms with Gasteiger partial charge in [-0.15, -0.1) is 0 Å². The maximum Gasteiger partial charge on any atom is 0.142 e. The van der Waals surface area contributed by atoms with Crippen molar-refractivity contribution < 1.29 is 4.74 Å². The first kappa shape index (κ1) is 17.5. The Balaban J connectivity index is 1.60. The Morgan fingerprint density at radius 3 is 2.58 bits per heavy atom. The fourth-order valence-corrected chi connectivity index (χ4v) is 3.39. The molecule has 2 aromatic rings. The fraction of sp³-hybridized carbons (Fsp3) is 0.526. The molecule has 0 aliphatic carbocycles. The number of rotatable bonds is 7. The highest BCUT2D eigenvalue weighted by Gasteiger charge is 2.19. The third-order valence-corrected chi connectivity index (χ3v) is 4.87. The molecule has 1 atom stereocenters. The lowest BCUT2D eigenvalue weighted by molar-refractivity contribution is 0.0632. The second-order valence-corrected chi connectivity index (χ2v) is 6.89. The molecule has 0 amide bonds. The molecule has 1 unspecified atom stereocenters. The minimum Gasteiger partial charge on any atom is -0.365 e. The van der Waals surface area contributed by atoms with Crippen LogP contribution in [0.25, 0.3) is 0 Å². The van der Waals surface area contributed by atoms with Crippen LogP contribution in [0.1, 0.15) is 43.2 Å². The van der Waals surface area contributed by atoms with E-state index < -0.39 is 0 Å². The summed E-state index contributed by atoms with van der Waals surface area (Å²) in [6, 6.07) is 7.85. The summed E-state index contributed by atoms with van der Waals surface area (Å²) in [7, 11) is 2.00. The third-order valence-electron chi connectivity index (χ3n) is 4.62. The molecule has 0 spiro atoms. The SMILES string of the molecule is Cn1ccnc1C(OCCCN1CCCCC1)c1ccc(Cl)cc1. The van der Waals surface area contributed by atoms with Crippen LogP contribution in [0.3, 0.4) is 0 Å². The Hall–Kier alpha value is -1.36. The van der Waals surface area contributed by atoms with Crippen molar-refractivity contribution in [1.29, 1.82) is 0 Å². The Kier molecular flexibility index (Phi) is 6.30. The minimum absolute atomic E-state index is 0.149. The topological polar surface area (TPSA) is 30.3 Å². The molecule has 130 valence electrons. The van der Waals surface area contributed by atoms with E-state index in [1.165, 1.54) is 32.4 Å². The highest BCUT2D eigenvalue weighted by atomic mass is 35.5. The number of benzene rings is 1. The molecule has 1 aliphatic heterocycles. The van der Waals surface area contributed by atoms with Crippen molar-refractivity contribution in [3.8, 4) is 0 Å². The van der Waals surface area contributed by atoms with Crippen LogP contribution in [0, 0.1) is 0 Å². The number of hydrogen-bond acceptors (Lipinski definition) is 3. The minimum atomic E-state index is -0.149. The zero-order valence-corrected chi connectivity index (χ0v) is 15.1. The van der Waals surface area contributed by atoms with Gasteiger partial charge in [-0.25, -0.2) is 4.98 Å². The molecule has 0 N–H and O–H groups in total. The third kappa shape index (κ3) is 4.59. The Bertz CT molecular complexity index is 620. The molecular formula is C19H26ClN3O. The zero-order valence-electron chi connectivity index (χ0n) is 14.3. The average Bonchev–Trinajstić information content (AvgIpc) is 3.03. The fourth-order valence-electron chi connectivity index (χ4n) is 3.26. The average molecular weight is 348 g/mol. The van der Waals surface area contributed by atoms with Gasteiger partial charge in [0.2, 0.25) is 0 Å². The lowest BCUT2D eigenvalue weighted by atomic mass is 10.1. The summed E-state index contributed by atoms with van der Waals surface area (Å²) >= 11 is 6.02. The van der Waals surface area contributed by atoms with E-state index in [9.17, 15) is 0 Å². The number of ether oxygens (including phenoxy) is 1. The van der Waals surface area contributed by atoms with Crippen LogP contribution in [-0.2, 0) is 11.8 Å². The molecule has 24 heavy (non-hydrogen) atoms. The van der Waals surface area contributed by atoms with Gasteiger partial charge in [0, 0.05) is 37.6 Å². The molecule has 0 radical (unpaired) electrons. The van der Waals surface area contributed by atoms with Crippen molar-refractivity contribution in [3.05, 3.63) is 53.1 Å². The Morgan fingerprint density at radius 1 is 1.17 bits per heavy atom. The van der Waals surface area contributed by atoms with E-state index in [-0.39, 0.29) is 6.10 Å². The van der Waals surface area contributed by atoms with E-state index in [1.54, 1.807) is 0 Å². The van der Waals surface area contributed by atoms with Gasteiger partial charge in [-0.05, 0) is 50.0 Å². The van der Waals surface area contributed by atoms with Gasteiger partial charge in [0.15, 0.2) is 0 Å². The van der Waals surface area contributed by atoms with Crippen LogP contribution in [0.15, 0.2) is 36.7 Å². The highest BCUT2D eigenvalue weighted by Crippen LogP contribution is 2.26. The smallest absolute Gasteiger partial charge is 0.142 e. The molecule has 3 rings (SSSR count). The molecule has 0 saturated carbocycles. The van der Waals surface area contributed by atoms with Gasteiger partial charge in [-0.2, -0.15) is 0 Å². The second kappa shape index (κ2) is 8.65. The van der Waals surface area contributed by atoms with Gasteiger partial charge in [0.05, 0.1) is 0 Å². The van der Waals surface area contributed by atoms with E-state index in [0.717, 1.165) is 36.0 Å². The van der Waals surface area contributed by atoms with Gasteiger partial charge >= 0.3 is 0 Å². The maximum absolute atomic E-state index is 6.23. The molecule has 1 saturated heterocycles. The van der Waals surface area contributed by atoms with Crippen LogP contribution >= 0.6 is 11.6 Å². The number of halogens is 1. The molecule has 1 aromatic heterocycles. The lowest BCUT2D eigenvalue weighted by Crippen LogP contribution is -2.31. The molecule has 0 bridgehead atoms. The summed E-state index contributed by atoms with van der Waals surface area (Å²) in [5.41, 5.74) is 1.09. The van der Waals surface area contributed by atoms with Crippen molar-refractivity contribution in [2.45, 2.75) is 31.8 Å². The molecular weight excluding hydrogens is 322 g/mol. The van der Waals surface area contributed by atoms with Crippen LogP contribution in [0.2, 0.25) is 5.02 Å². The predicted octanol–water partition coefficient (Wildman–Crippen LogP) is 4.06. The zero-order chi connectivity index (χ0) is 16.8. The van der Waals surface area contributed by atoms with Crippen LogP contribution < -0.4 is 0 Å². The summed E-state index contributed by atoms with van der Waals surface area (Å²) in [5.74, 6) is 0.926. The summed E-state index contributed by atoms with van der Waals surface area (Å²) in [4.78, 5) is 7.02. The summed E-state index contributed by atoms with van der Waals surface area (Å²) in [6.07, 6.45) is 8.72. The van der Waals surface area contributed by atoms with E-state index in [2.05, 4.69) is 9.88 Å². The molecule has 1 aliphatic rings. The Morgan fingerprint density at radius 2 is 1.92 bits per heavy atom. The monoisotopic (exact) mass is 347 g/mol. The van der Waals surface area contributed by atoms with Crippen molar-refractivity contribution >= 4 is 11.6 Å². The number of aromatic nitrogens is 2. The maximum atomic E-state index is 6.23. The first-order valence-electron chi connectivity index (χ1n) is 8.80.